The molecule has 0 amide bonds. The minimum absolute atomic E-state index is 0.0916. The minimum Gasteiger partial charge on any atom is -0.492 e. The molecule has 0 aliphatic carbocycles. The maximum absolute atomic E-state index is 6.07. The molecule has 2 nitrogen and oxygen atoms in total. The predicted molar refractivity (Wildman–Crippen MR) is 69.0 cm³/mol. The lowest BCUT2D eigenvalue weighted by molar-refractivity contribution is 0.239. The van der Waals surface area contributed by atoms with E-state index in [9.17, 15) is 0 Å². The SMILES string of the molecule is CCC(CC)C(N)COc1cccc(Cl)c1. The van der Waals surface area contributed by atoms with Crippen molar-refractivity contribution in [2.75, 3.05) is 6.61 Å². The molecule has 0 heterocycles. The minimum atomic E-state index is 0.0916. The summed E-state index contributed by atoms with van der Waals surface area (Å²) in [6.45, 7) is 4.87. The van der Waals surface area contributed by atoms with Gasteiger partial charge in [0.25, 0.3) is 0 Å². The first-order valence-electron chi connectivity index (χ1n) is 5.81. The summed E-state index contributed by atoms with van der Waals surface area (Å²) in [5, 5.41) is 0.689. The van der Waals surface area contributed by atoms with Crippen LogP contribution in [0.1, 0.15) is 26.7 Å². The van der Waals surface area contributed by atoms with Gasteiger partial charge in [-0.15, -0.1) is 0 Å². The molecule has 90 valence electrons. The van der Waals surface area contributed by atoms with Crippen molar-refractivity contribution in [3.8, 4) is 5.75 Å². The molecule has 0 saturated carbocycles. The topological polar surface area (TPSA) is 35.2 Å². The number of hydrogen-bond acceptors (Lipinski definition) is 2. The second-order valence-corrected chi connectivity index (χ2v) is 4.45. The normalized spacial score (nSPS) is 12.8. The van der Waals surface area contributed by atoms with Gasteiger partial charge in [0, 0.05) is 11.1 Å². The van der Waals surface area contributed by atoms with Crippen molar-refractivity contribution in [1.82, 2.24) is 0 Å². The molecule has 0 aromatic heterocycles. The number of ether oxygens (including phenoxy) is 1. The van der Waals surface area contributed by atoms with E-state index in [1.165, 1.54) is 0 Å². The zero-order valence-corrected chi connectivity index (χ0v) is 10.7. The van der Waals surface area contributed by atoms with E-state index in [1.807, 2.05) is 18.2 Å². The van der Waals surface area contributed by atoms with Crippen molar-refractivity contribution in [2.45, 2.75) is 32.7 Å². The molecule has 1 rings (SSSR count). The van der Waals surface area contributed by atoms with Gasteiger partial charge in [-0.1, -0.05) is 44.4 Å². The molecule has 1 aromatic carbocycles. The summed E-state index contributed by atoms with van der Waals surface area (Å²) < 4.78 is 5.62. The molecule has 0 spiro atoms. The highest BCUT2D eigenvalue weighted by molar-refractivity contribution is 6.30. The lowest BCUT2D eigenvalue weighted by Crippen LogP contribution is -2.35. The second-order valence-electron chi connectivity index (χ2n) is 4.01. The third-order valence-electron chi connectivity index (χ3n) is 2.89. The first-order valence-corrected chi connectivity index (χ1v) is 6.19. The molecule has 0 bridgehead atoms. The Morgan fingerprint density at radius 1 is 1.31 bits per heavy atom. The highest BCUT2D eigenvalue weighted by Crippen LogP contribution is 2.18. The summed E-state index contributed by atoms with van der Waals surface area (Å²) in [5.74, 6) is 1.31. The van der Waals surface area contributed by atoms with Crippen LogP contribution in [0, 0.1) is 5.92 Å². The first-order chi connectivity index (χ1) is 7.67. The lowest BCUT2D eigenvalue weighted by Gasteiger charge is -2.21. The fourth-order valence-electron chi connectivity index (χ4n) is 1.78. The van der Waals surface area contributed by atoms with Gasteiger partial charge in [-0.05, 0) is 24.1 Å². The third kappa shape index (κ3) is 4.03. The summed E-state index contributed by atoms with van der Waals surface area (Å²) in [7, 11) is 0. The van der Waals surface area contributed by atoms with E-state index in [4.69, 9.17) is 22.1 Å². The molecule has 0 fully saturated rings. The summed E-state index contributed by atoms with van der Waals surface area (Å²) in [6.07, 6.45) is 2.19. The molecule has 0 radical (unpaired) electrons. The van der Waals surface area contributed by atoms with Gasteiger partial charge in [0.1, 0.15) is 12.4 Å². The molecule has 0 saturated heterocycles. The maximum atomic E-state index is 6.07. The number of hydrogen-bond donors (Lipinski definition) is 1. The summed E-state index contributed by atoms with van der Waals surface area (Å²) in [5.41, 5.74) is 6.07. The van der Waals surface area contributed by atoms with Gasteiger partial charge in [-0.3, -0.25) is 0 Å². The second kappa shape index (κ2) is 6.77. The Morgan fingerprint density at radius 3 is 2.56 bits per heavy atom. The molecular formula is C13H20ClNO. The Balaban J connectivity index is 2.45. The average Bonchev–Trinajstić information content (AvgIpc) is 2.28. The van der Waals surface area contributed by atoms with Gasteiger partial charge in [-0.2, -0.15) is 0 Å². The van der Waals surface area contributed by atoms with Gasteiger partial charge >= 0.3 is 0 Å². The highest BCUT2D eigenvalue weighted by atomic mass is 35.5. The Bertz CT molecular complexity index is 313. The number of nitrogens with two attached hydrogens (primary N) is 1. The Morgan fingerprint density at radius 2 is 2.00 bits per heavy atom. The fourth-order valence-corrected chi connectivity index (χ4v) is 1.96. The smallest absolute Gasteiger partial charge is 0.120 e. The van der Waals surface area contributed by atoms with E-state index in [-0.39, 0.29) is 6.04 Å². The van der Waals surface area contributed by atoms with Gasteiger partial charge < -0.3 is 10.5 Å². The van der Waals surface area contributed by atoms with Crippen LogP contribution in [-0.2, 0) is 0 Å². The Kier molecular flexibility index (Phi) is 5.64. The lowest BCUT2D eigenvalue weighted by atomic mass is 9.95. The van der Waals surface area contributed by atoms with E-state index in [0.717, 1.165) is 18.6 Å². The number of rotatable bonds is 6. The molecule has 0 aliphatic heterocycles. The van der Waals surface area contributed by atoms with E-state index in [0.29, 0.717) is 17.5 Å². The van der Waals surface area contributed by atoms with Crippen LogP contribution in [0.25, 0.3) is 0 Å². The van der Waals surface area contributed by atoms with Crippen LogP contribution in [0.5, 0.6) is 5.75 Å². The molecule has 16 heavy (non-hydrogen) atoms. The van der Waals surface area contributed by atoms with Crippen molar-refractivity contribution in [3.05, 3.63) is 29.3 Å². The van der Waals surface area contributed by atoms with E-state index >= 15 is 0 Å². The summed E-state index contributed by atoms with van der Waals surface area (Å²) in [6, 6.07) is 7.50. The molecule has 1 aromatic rings. The van der Waals surface area contributed by atoms with E-state index < -0.39 is 0 Å². The molecule has 3 heteroatoms. The molecule has 1 atom stereocenters. The monoisotopic (exact) mass is 241 g/mol. The van der Waals surface area contributed by atoms with Crippen LogP contribution >= 0.6 is 11.6 Å². The van der Waals surface area contributed by atoms with Crippen LogP contribution < -0.4 is 10.5 Å². The zero-order chi connectivity index (χ0) is 12.0. The quantitative estimate of drug-likeness (QED) is 0.828. The van der Waals surface area contributed by atoms with Crippen LogP contribution in [0.15, 0.2) is 24.3 Å². The molecular weight excluding hydrogens is 222 g/mol. The predicted octanol–water partition coefficient (Wildman–Crippen LogP) is 3.48. The van der Waals surface area contributed by atoms with Crippen LogP contribution in [-0.4, -0.2) is 12.6 Å². The maximum Gasteiger partial charge on any atom is 0.120 e. The van der Waals surface area contributed by atoms with Crippen molar-refractivity contribution < 1.29 is 4.74 Å². The van der Waals surface area contributed by atoms with E-state index in [2.05, 4.69) is 13.8 Å². The number of benzene rings is 1. The van der Waals surface area contributed by atoms with Crippen LogP contribution in [0.2, 0.25) is 5.02 Å². The van der Waals surface area contributed by atoms with Crippen molar-refractivity contribution in [2.24, 2.45) is 11.7 Å². The number of halogens is 1. The molecule has 1 unspecified atom stereocenters. The fraction of sp³-hybridized carbons (Fsp3) is 0.538. The average molecular weight is 242 g/mol. The zero-order valence-electron chi connectivity index (χ0n) is 9.95. The van der Waals surface area contributed by atoms with Gasteiger partial charge in [0.2, 0.25) is 0 Å². The Hall–Kier alpha value is -0.730. The van der Waals surface area contributed by atoms with Crippen LogP contribution in [0.3, 0.4) is 0 Å². The molecule has 0 aliphatic rings. The van der Waals surface area contributed by atoms with Gasteiger partial charge in [0.15, 0.2) is 0 Å². The Labute approximate surface area is 103 Å². The van der Waals surface area contributed by atoms with Crippen molar-refractivity contribution in [1.29, 1.82) is 0 Å². The molecule has 2 N–H and O–H groups in total. The van der Waals surface area contributed by atoms with Gasteiger partial charge in [0.05, 0.1) is 0 Å². The standard InChI is InChI=1S/C13H20ClNO/c1-3-10(4-2)13(15)9-16-12-7-5-6-11(14)8-12/h5-8,10,13H,3-4,9,15H2,1-2H3. The largest absolute Gasteiger partial charge is 0.492 e. The third-order valence-corrected chi connectivity index (χ3v) is 3.13. The van der Waals surface area contributed by atoms with E-state index in [1.54, 1.807) is 6.07 Å². The van der Waals surface area contributed by atoms with Crippen molar-refractivity contribution >= 4 is 11.6 Å². The van der Waals surface area contributed by atoms with Crippen molar-refractivity contribution in [3.63, 3.8) is 0 Å². The van der Waals surface area contributed by atoms with Crippen LogP contribution in [0.4, 0.5) is 0 Å². The van der Waals surface area contributed by atoms with Gasteiger partial charge in [-0.25, -0.2) is 0 Å². The summed E-state index contributed by atoms with van der Waals surface area (Å²) in [4.78, 5) is 0. The first kappa shape index (κ1) is 13.3. The highest BCUT2D eigenvalue weighted by Gasteiger charge is 2.14. The summed E-state index contributed by atoms with van der Waals surface area (Å²) >= 11 is 5.87.